The van der Waals surface area contributed by atoms with Gasteiger partial charge in [0.05, 0.1) is 0 Å². The van der Waals surface area contributed by atoms with Gasteiger partial charge in [-0.25, -0.2) is 0 Å². The summed E-state index contributed by atoms with van der Waals surface area (Å²) >= 11 is 0. The molecule has 1 aliphatic heterocycles. The molecule has 1 atom stereocenters. The van der Waals surface area contributed by atoms with Crippen LogP contribution in [0.2, 0.25) is 0 Å². The highest BCUT2D eigenvalue weighted by Crippen LogP contribution is 2.50. The zero-order valence-corrected chi connectivity index (χ0v) is 17.8. The first-order valence-electron chi connectivity index (χ1n) is 10.5. The molecule has 1 amide bonds. The number of carbonyl (C=O) groups excluding carboxylic acids is 1. The van der Waals surface area contributed by atoms with E-state index in [0.717, 1.165) is 24.1 Å². The van der Waals surface area contributed by atoms with Gasteiger partial charge in [0.25, 0.3) is 5.91 Å². The molecule has 148 valence electrons. The maximum absolute atomic E-state index is 13.7. The van der Waals surface area contributed by atoms with Gasteiger partial charge in [0, 0.05) is 22.2 Å². The van der Waals surface area contributed by atoms with Crippen LogP contribution in [0.5, 0.6) is 0 Å². The average molecular weight is 384 g/mol. The van der Waals surface area contributed by atoms with Crippen LogP contribution in [0, 0.1) is 0 Å². The van der Waals surface area contributed by atoms with Gasteiger partial charge in [-0.05, 0) is 61.6 Å². The monoisotopic (exact) mass is 383 g/mol. The first-order valence-corrected chi connectivity index (χ1v) is 10.5. The number of carbonyl (C=O) groups is 1. The summed E-state index contributed by atoms with van der Waals surface area (Å²) in [7, 11) is 0. The molecule has 29 heavy (non-hydrogen) atoms. The number of aryl methyl sites for hydroxylation is 1. The molecule has 2 heteroatoms. The van der Waals surface area contributed by atoms with Gasteiger partial charge in [0.15, 0.2) is 0 Å². The van der Waals surface area contributed by atoms with E-state index in [0.29, 0.717) is 0 Å². The van der Waals surface area contributed by atoms with E-state index >= 15 is 0 Å². The van der Waals surface area contributed by atoms with Gasteiger partial charge in [-0.15, -0.1) is 0 Å². The minimum absolute atomic E-state index is 0.0696. The molecule has 1 aliphatic rings. The Kier molecular flexibility index (Phi) is 4.82. The predicted molar refractivity (Wildman–Crippen MR) is 121 cm³/mol. The Bertz CT molecular complexity index is 1020. The zero-order chi connectivity index (χ0) is 20.6. The first-order chi connectivity index (χ1) is 13.9. The maximum Gasteiger partial charge on any atom is 0.258 e. The molecule has 4 rings (SSSR count). The Balaban J connectivity index is 1.84. The van der Waals surface area contributed by atoms with Gasteiger partial charge in [-0.1, -0.05) is 74.5 Å². The van der Waals surface area contributed by atoms with E-state index in [-0.39, 0.29) is 16.9 Å². The zero-order valence-electron chi connectivity index (χ0n) is 17.8. The maximum atomic E-state index is 13.7. The quantitative estimate of drug-likeness (QED) is 0.513. The highest BCUT2D eigenvalue weighted by atomic mass is 16.2. The number of nitrogens with zero attached hydrogens (tertiary/aromatic N) is 1. The number of hydrogen-bond donors (Lipinski definition) is 0. The van der Waals surface area contributed by atoms with Crippen molar-refractivity contribution in [2.24, 2.45) is 0 Å². The van der Waals surface area contributed by atoms with E-state index in [1.165, 1.54) is 16.7 Å². The lowest BCUT2D eigenvalue weighted by molar-refractivity contribution is 0.0948. The second kappa shape index (κ2) is 7.18. The number of fused-ring (bicyclic) bond motifs is 1. The van der Waals surface area contributed by atoms with Gasteiger partial charge < -0.3 is 4.90 Å². The topological polar surface area (TPSA) is 20.3 Å². The van der Waals surface area contributed by atoms with Crippen molar-refractivity contribution in [3.05, 3.63) is 101 Å². The SMILES string of the molecule is CCc1ccc(C(=O)N2c3ccccc3C(C)(c3ccccc3)CC2(C)C)cc1. The van der Waals surface area contributed by atoms with Crippen LogP contribution in [-0.2, 0) is 11.8 Å². The van der Waals surface area contributed by atoms with E-state index in [1.807, 2.05) is 23.1 Å². The van der Waals surface area contributed by atoms with Crippen LogP contribution < -0.4 is 4.90 Å². The molecule has 0 N–H and O–H groups in total. The van der Waals surface area contributed by atoms with Crippen molar-refractivity contribution in [1.29, 1.82) is 0 Å². The summed E-state index contributed by atoms with van der Waals surface area (Å²) < 4.78 is 0. The Morgan fingerprint density at radius 2 is 1.48 bits per heavy atom. The molecule has 0 spiro atoms. The van der Waals surface area contributed by atoms with Crippen molar-refractivity contribution in [3.63, 3.8) is 0 Å². The Morgan fingerprint density at radius 3 is 2.14 bits per heavy atom. The summed E-state index contributed by atoms with van der Waals surface area (Å²) in [6, 6.07) is 27.1. The van der Waals surface area contributed by atoms with Gasteiger partial charge in [0.2, 0.25) is 0 Å². The number of hydrogen-bond acceptors (Lipinski definition) is 1. The smallest absolute Gasteiger partial charge is 0.258 e. The van der Waals surface area contributed by atoms with Crippen molar-refractivity contribution in [2.75, 3.05) is 4.90 Å². The number of amides is 1. The first kappa shape index (κ1) is 19.4. The highest BCUT2D eigenvalue weighted by molar-refractivity contribution is 6.08. The Labute approximate surface area is 174 Å². The molecular formula is C27H29NO. The fourth-order valence-electron chi connectivity index (χ4n) is 4.96. The second-order valence-electron chi connectivity index (χ2n) is 8.90. The molecule has 1 heterocycles. The molecule has 0 aromatic heterocycles. The Morgan fingerprint density at radius 1 is 0.862 bits per heavy atom. The summed E-state index contributed by atoms with van der Waals surface area (Å²) in [6.45, 7) is 8.80. The average Bonchev–Trinajstić information content (AvgIpc) is 2.74. The Hall–Kier alpha value is -2.87. The summed E-state index contributed by atoms with van der Waals surface area (Å²) in [6.07, 6.45) is 1.84. The van der Waals surface area contributed by atoms with Crippen molar-refractivity contribution < 1.29 is 4.79 Å². The van der Waals surface area contributed by atoms with Crippen LogP contribution in [0.4, 0.5) is 5.69 Å². The minimum Gasteiger partial charge on any atom is -0.302 e. The van der Waals surface area contributed by atoms with Crippen molar-refractivity contribution >= 4 is 11.6 Å². The number of benzene rings is 3. The molecule has 1 unspecified atom stereocenters. The molecule has 0 fully saturated rings. The summed E-state index contributed by atoms with van der Waals surface area (Å²) in [5.41, 5.74) is 5.04. The lowest BCUT2D eigenvalue weighted by Crippen LogP contribution is -2.55. The van der Waals surface area contributed by atoms with Crippen molar-refractivity contribution in [2.45, 2.75) is 51.5 Å². The highest BCUT2D eigenvalue weighted by Gasteiger charge is 2.47. The third-order valence-electron chi connectivity index (χ3n) is 6.35. The molecule has 0 bridgehead atoms. The largest absolute Gasteiger partial charge is 0.302 e. The summed E-state index contributed by atoms with van der Waals surface area (Å²) in [4.78, 5) is 15.7. The van der Waals surface area contributed by atoms with Gasteiger partial charge in [0.1, 0.15) is 0 Å². The number of para-hydroxylation sites is 1. The van der Waals surface area contributed by atoms with E-state index in [2.05, 4.69) is 88.4 Å². The fourth-order valence-corrected chi connectivity index (χ4v) is 4.96. The van der Waals surface area contributed by atoms with Gasteiger partial charge in [-0.2, -0.15) is 0 Å². The van der Waals surface area contributed by atoms with Crippen LogP contribution in [-0.4, -0.2) is 11.4 Å². The van der Waals surface area contributed by atoms with Crippen molar-refractivity contribution in [1.82, 2.24) is 0 Å². The molecule has 3 aromatic rings. The number of rotatable bonds is 3. The lowest BCUT2D eigenvalue weighted by atomic mass is 9.65. The van der Waals surface area contributed by atoms with Crippen LogP contribution in [0.1, 0.15) is 61.2 Å². The van der Waals surface area contributed by atoms with E-state index < -0.39 is 0 Å². The molecule has 3 aromatic carbocycles. The molecule has 0 aliphatic carbocycles. The second-order valence-corrected chi connectivity index (χ2v) is 8.90. The molecule has 2 nitrogen and oxygen atoms in total. The molecule has 0 saturated heterocycles. The number of anilines is 1. The van der Waals surface area contributed by atoms with Crippen molar-refractivity contribution in [3.8, 4) is 0 Å². The molecule has 0 saturated carbocycles. The molecule has 0 radical (unpaired) electrons. The summed E-state index contributed by atoms with van der Waals surface area (Å²) in [5.74, 6) is 0.0696. The minimum atomic E-state index is -0.320. The van der Waals surface area contributed by atoms with Crippen LogP contribution in [0.25, 0.3) is 0 Å². The van der Waals surface area contributed by atoms with E-state index in [9.17, 15) is 4.79 Å². The lowest BCUT2D eigenvalue weighted by Gasteiger charge is -2.51. The van der Waals surface area contributed by atoms with Crippen LogP contribution >= 0.6 is 0 Å². The van der Waals surface area contributed by atoms with Crippen LogP contribution in [0.15, 0.2) is 78.9 Å². The fraction of sp³-hybridized carbons (Fsp3) is 0.296. The predicted octanol–water partition coefficient (Wildman–Crippen LogP) is 6.38. The van der Waals surface area contributed by atoms with Crippen LogP contribution in [0.3, 0.4) is 0 Å². The third kappa shape index (κ3) is 3.27. The normalized spacial score (nSPS) is 20.2. The summed E-state index contributed by atoms with van der Waals surface area (Å²) in [5, 5.41) is 0. The van der Waals surface area contributed by atoms with E-state index in [4.69, 9.17) is 0 Å². The standard InChI is InChI=1S/C27H29NO/c1-5-20-15-17-21(18-16-20)25(29)28-24-14-10-9-13-23(24)27(4,19-26(28,2)3)22-11-7-6-8-12-22/h6-18H,5,19H2,1-4H3. The third-order valence-corrected chi connectivity index (χ3v) is 6.35. The van der Waals surface area contributed by atoms with Gasteiger partial charge in [-0.3, -0.25) is 4.79 Å². The molecular weight excluding hydrogens is 354 g/mol. The van der Waals surface area contributed by atoms with Gasteiger partial charge >= 0.3 is 0 Å². The van der Waals surface area contributed by atoms with E-state index in [1.54, 1.807) is 0 Å².